The molecule has 0 aliphatic carbocycles. The first kappa shape index (κ1) is 12.5. The molecule has 4 heteroatoms. The highest BCUT2D eigenvalue weighted by molar-refractivity contribution is 6.00. The highest BCUT2D eigenvalue weighted by Gasteiger charge is 2.25. The van der Waals surface area contributed by atoms with Crippen molar-refractivity contribution in [2.75, 3.05) is 0 Å². The van der Waals surface area contributed by atoms with E-state index in [1.165, 1.54) is 6.92 Å². The SMILES string of the molecule is CC(=O)C1CC(CCC(=O)c2ccccc2)=NO1. The average Bonchev–Trinajstić information content (AvgIpc) is 2.86. The molecule has 1 unspecified atom stereocenters. The van der Waals surface area contributed by atoms with Crippen molar-refractivity contribution >= 4 is 17.3 Å². The molecule has 0 saturated carbocycles. The summed E-state index contributed by atoms with van der Waals surface area (Å²) in [4.78, 5) is 27.9. The first-order chi connectivity index (χ1) is 8.66. The Morgan fingerprint density at radius 3 is 2.67 bits per heavy atom. The standard InChI is InChI=1S/C14H15NO3/c1-10(16)14-9-12(15-18-14)7-8-13(17)11-5-3-2-4-6-11/h2-6,14H,7-9H2,1H3. The van der Waals surface area contributed by atoms with Gasteiger partial charge >= 0.3 is 0 Å². The van der Waals surface area contributed by atoms with E-state index in [1.807, 2.05) is 18.2 Å². The van der Waals surface area contributed by atoms with Crippen LogP contribution in [-0.4, -0.2) is 23.4 Å². The van der Waals surface area contributed by atoms with Crippen LogP contribution in [0.5, 0.6) is 0 Å². The van der Waals surface area contributed by atoms with E-state index >= 15 is 0 Å². The molecular formula is C14H15NO3. The Bertz CT molecular complexity index is 479. The summed E-state index contributed by atoms with van der Waals surface area (Å²) in [5, 5.41) is 3.85. The van der Waals surface area contributed by atoms with Crippen LogP contribution in [0.3, 0.4) is 0 Å². The Kier molecular flexibility index (Phi) is 3.87. The van der Waals surface area contributed by atoms with Gasteiger partial charge < -0.3 is 4.84 Å². The Labute approximate surface area is 106 Å². The molecule has 1 atom stereocenters. The summed E-state index contributed by atoms with van der Waals surface area (Å²) < 4.78 is 0. The molecule has 0 N–H and O–H groups in total. The number of hydrogen-bond acceptors (Lipinski definition) is 4. The normalized spacial score (nSPS) is 18.1. The number of oxime groups is 1. The maximum atomic E-state index is 11.9. The third-order valence-electron chi connectivity index (χ3n) is 2.92. The minimum atomic E-state index is -0.452. The minimum Gasteiger partial charge on any atom is -0.384 e. The smallest absolute Gasteiger partial charge is 0.190 e. The lowest BCUT2D eigenvalue weighted by Gasteiger charge is -2.01. The Morgan fingerprint density at radius 2 is 2.06 bits per heavy atom. The van der Waals surface area contributed by atoms with E-state index in [9.17, 15) is 9.59 Å². The Morgan fingerprint density at radius 1 is 1.33 bits per heavy atom. The van der Waals surface area contributed by atoms with Crippen molar-refractivity contribution in [1.82, 2.24) is 0 Å². The van der Waals surface area contributed by atoms with Gasteiger partial charge in [-0.2, -0.15) is 0 Å². The number of Topliss-reactive ketones (excluding diaryl/α,β-unsaturated/α-hetero) is 2. The molecule has 1 aliphatic heterocycles. The van der Waals surface area contributed by atoms with E-state index in [0.29, 0.717) is 24.8 Å². The fraction of sp³-hybridized carbons (Fsp3) is 0.357. The van der Waals surface area contributed by atoms with Crippen LogP contribution in [0.15, 0.2) is 35.5 Å². The number of benzene rings is 1. The van der Waals surface area contributed by atoms with Crippen LogP contribution >= 0.6 is 0 Å². The van der Waals surface area contributed by atoms with Crippen molar-refractivity contribution < 1.29 is 14.4 Å². The lowest BCUT2D eigenvalue weighted by Crippen LogP contribution is -2.17. The fourth-order valence-corrected chi connectivity index (χ4v) is 1.82. The molecule has 1 aromatic carbocycles. The number of ketones is 2. The van der Waals surface area contributed by atoms with Gasteiger partial charge in [0.1, 0.15) is 0 Å². The van der Waals surface area contributed by atoms with Crippen LogP contribution in [-0.2, 0) is 9.63 Å². The predicted octanol–water partition coefficient (Wildman–Crippen LogP) is 2.38. The highest BCUT2D eigenvalue weighted by atomic mass is 16.6. The molecule has 0 saturated heterocycles. The van der Waals surface area contributed by atoms with Crippen LogP contribution < -0.4 is 0 Å². The van der Waals surface area contributed by atoms with E-state index in [2.05, 4.69) is 5.16 Å². The van der Waals surface area contributed by atoms with E-state index in [4.69, 9.17) is 4.84 Å². The van der Waals surface area contributed by atoms with E-state index < -0.39 is 6.10 Å². The van der Waals surface area contributed by atoms with Crippen LogP contribution in [0, 0.1) is 0 Å². The molecule has 4 nitrogen and oxygen atoms in total. The maximum Gasteiger partial charge on any atom is 0.190 e. The molecule has 0 radical (unpaired) electrons. The van der Waals surface area contributed by atoms with Gasteiger partial charge in [0.25, 0.3) is 0 Å². The highest BCUT2D eigenvalue weighted by Crippen LogP contribution is 2.16. The number of carbonyl (C=O) groups excluding carboxylic acids is 2. The Balaban J connectivity index is 1.83. The third-order valence-corrected chi connectivity index (χ3v) is 2.92. The van der Waals surface area contributed by atoms with E-state index in [-0.39, 0.29) is 11.6 Å². The summed E-state index contributed by atoms with van der Waals surface area (Å²) >= 11 is 0. The molecule has 94 valence electrons. The quantitative estimate of drug-likeness (QED) is 0.748. The molecule has 0 fully saturated rings. The zero-order valence-corrected chi connectivity index (χ0v) is 10.3. The molecule has 2 rings (SSSR count). The first-order valence-electron chi connectivity index (χ1n) is 5.97. The zero-order chi connectivity index (χ0) is 13.0. The maximum absolute atomic E-state index is 11.9. The lowest BCUT2D eigenvalue weighted by molar-refractivity contribution is -0.126. The summed E-state index contributed by atoms with van der Waals surface area (Å²) in [6, 6.07) is 9.16. The second-order valence-electron chi connectivity index (χ2n) is 4.36. The lowest BCUT2D eigenvalue weighted by atomic mass is 10.0. The van der Waals surface area contributed by atoms with Crippen LogP contribution in [0.1, 0.15) is 36.5 Å². The van der Waals surface area contributed by atoms with Crippen molar-refractivity contribution in [3.8, 4) is 0 Å². The largest absolute Gasteiger partial charge is 0.384 e. The summed E-state index contributed by atoms with van der Waals surface area (Å²) in [6.45, 7) is 1.48. The topological polar surface area (TPSA) is 55.7 Å². The molecule has 0 amide bonds. The van der Waals surface area contributed by atoms with Gasteiger partial charge in [0.05, 0.1) is 5.71 Å². The molecule has 0 spiro atoms. The molecule has 1 aliphatic rings. The van der Waals surface area contributed by atoms with Gasteiger partial charge in [-0.05, 0) is 13.3 Å². The minimum absolute atomic E-state index is 0.0249. The summed E-state index contributed by atoms with van der Waals surface area (Å²) in [5.74, 6) is 0.0627. The van der Waals surface area contributed by atoms with Gasteiger partial charge in [0.2, 0.25) is 0 Å². The second kappa shape index (κ2) is 5.58. The number of carbonyl (C=O) groups is 2. The van der Waals surface area contributed by atoms with Crippen molar-refractivity contribution in [3.63, 3.8) is 0 Å². The third kappa shape index (κ3) is 3.03. The molecular weight excluding hydrogens is 230 g/mol. The van der Waals surface area contributed by atoms with Crippen LogP contribution in [0.25, 0.3) is 0 Å². The van der Waals surface area contributed by atoms with Crippen molar-refractivity contribution in [3.05, 3.63) is 35.9 Å². The van der Waals surface area contributed by atoms with Gasteiger partial charge in [0.15, 0.2) is 17.7 Å². The van der Waals surface area contributed by atoms with Crippen molar-refractivity contribution in [1.29, 1.82) is 0 Å². The molecule has 0 aromatic heterocycles. The van der Waals surface area contributed by atoms with Gasteiger partial charge in [-0.15, -0.1) is 0 Å². The summed E-state index contributed by atoms with van der Waals surface area (Å²) in [6.07, 6.45) is 1.01. The van der Waals surface area contributed by atoms with Gasteiger partial charge in [-0.1, -0.05) is 35.5 Å². The molecule has 1 aromatic rings. The molecule has 0 bridgehead atoms. The predicted molar refractivity (Wildman–Crippen MR) is 67.6 cm³/mol. The Hall–Kier alpha value is -1.97. The number of hydrogen-bond donors (Lipinski definition) is 0. The molecule has 1 heterocycles. The van der Waals surface area contributed by atoms with Gasteiger partial charge in [-0.3, -0.25) is 9.59 Å². The monoisotopic (exact) mass is 245 g/mol. The number of rotatable bonds is 5. The zero-order valence-electron chi connectivity index (χ0n) is 10.3. The van der Waals surface area contributed by atoms with E-state index in [0.717, 1.165) is 5.71 Å². The van der Waals surface area contributed by atoms with Crippen molar-refractivity contribution in [2.24, 2.45) is 5.16 Å². The second-order valence-corrected chi connectivity index (χ2v) is 4.36. The first-order valence-corrected chi connectivity index (χ1v) is 5.97. The van der Waals surface area contributed by atoms with Crippen molar-refractivity contribution in [2.45, 2.75) is 32.3 Å². The van der Waals surface area contributed by atoms with Crippen LogP contribution in [0.4, 0.5) is 0 Å². The van der Waals surface area contributed by atoms with Crippen LogP contribution in [0.2, 0.25) is 0 Å². The van der Waals surface area contributed by atoms with E-state index in [1.54, 1.807) is 12.1 Å². The fourth-order valence-electron chi connectivity index (χ4n) is 1.82. The molecule has 18 heavy (non-hydrogen) atoms. The van der Waals surface area contributed by atoms with Gasteiger partial charge in [-0.25, -0.2) is 0 Å². The average molecular weight is 245 g/mol. The number of nitrogens with zero attached hydrogens (tertiary/aromatic N) is 1. The summed E-state index contributed by atoms with van der Waals surface area (Å²) in [5.41, 5.74) is 1.50. The summed E-state index contributed by atoms with van der Waals surface area (Å²) in [7, 11) is 0. The van der Waals surface area contributed by atoms with Gasteiger partial charge in [0, 0.05) is 18.4 Å².